The largest absolute Gasteiger partial charge is 0.369 e. The maximum atomic E-state index is 12.9. The summed E-state index contributed by atoms with van der Waals surface area (Å²) in [5.74, 6) is 0. The Bertz CT molecular complexity index is 853. The Morgan fingerprint density at radius 3 is 2.64 bits per heavy atom. The number of amides is 2. The molecule has 0 saturated carbocycles. The predicted molar refractivity (Wildman–Crippen MR) is 112 cm³/mol. The number of piperazine rings is 1. The van der Waals surface area contributed by atoms with E-state index in [0.717, 1.165) is 62.4 Å². The van der Waals surface area contributed by atoms with E-state index in [1.807, 2.05) is 28.9 Å². The van der Waals surface area contributed by atoms with Gasteiger partial charge in [0, 0.05) is 62.4 Å². The number of aromatic nitrogens is 2. The molecule has 1 saturated heterocycles. The molecule has 0 spiro atoms. The molecule has 28 heavy (non-hydrogen) atoms. The summed E-state index contributed by atoms with van der Waals surface area (Å²) in [5, 5.41) is 7.46. The molecule has 1 fully saturated rings. The van der Waals surface area contributed by atoms with Crippen molar-refractivity contribution in [3.05, 3.63) is 41.2 Å². The summed E-state index contributed by atoms with van der Waals surface area (Å²) in [5.41, 5.74) is 5.61. The van der Waals surface area contributed by atoms with E-state index in [4.69, 9.17) is 0 Å². The van der Waals surface area contributed by atoms with Gasteiger partial charge in [0.1, 0.15) is 0 Å². The van der Waals surface area contributed by atoms with Crippen molar-refractivity contribution in [2.45, 2.75) is 26.3 Å². The van der Waals surface area contributed by atoms with Crippen LogP contribution in [0.3, 0.4) is 0 Å². The maximum absolute atomic E-state index is 12.9. The number of likely N-dealkylation sites (N-methyl/N-ethyl adjacent to an activating group) is 1. The lowest BCUT2D eigenvalue weighted by atomic mass is 10.1. The van der Waals surface area contributed by atoms with Crippen LogP contribution in [0, 0.1) is 6.92 Å². The number of rotatable bonds is 2. The summed E-state index contributed by atoms with van der Waals surface area (Å²) in [4.78, 5) is 19.5. The zero-order valence-corrected chi connectivity index (χ0v) is 17.1. The number of hydrogen-bond acceptors (Lipinski definition) is 4. The second kappa shape index (κ2) is 7.83. The third-order valence-electron chi connectivity index (χ3n) is 5.96. The van der Waals surface area contributed by atoms with Crippen LogP contribution >= 0.6 is 0 Å². The summed E-state index contributed by atoms with van der Waals surface area (Å²) >= 11 is 0. The SMILES string of the molecule is Cc1cc(N2CCN(C)CC2)ccc1NC(=O)N1CCCc2c(cnn2C)C1. The van der Waals surface area contributed by atoms with Crippen molar-refractivity contribution in [1.82, 2.24) is 19.6 Å². The van der Waals surface area contributed by atoms with Crippen LogP contribution < -0.4 is 10.2 Å². The molecule has 0 aliphatic carbocycles. The van der Waals surface area contributed by atoms with Gasteiger partial charge in [-0.25, -0.2) is 4.79 Å². The van der Waals surface area contributed by atoms with Crippen molar-refractivity contribution in [3.63, 3.8) is 0 Å². The molecule has 1 aromatic heterocycles. The molecule has 0 bridgehead atoms. The van der Waals surface area contributed by atoms with Crippen molar-refractivity contribution < 1.29 is 4.79 Å². The van der Waals surface area contributed by atoms with Crippen molar-refractivity contribution in [2.24, 2.45) is 7.05 Å². The fourth-order valence-electron chi connectivity index (χ4n) is 4.10. The molecule has 0 unspecified atom stereocenters. The van der Waals surface area contributed by atoms with Crippen LogP contribution in [0.4, 0.5) is 16.2 Å². The van der Waals surface area contributed by atoms with Gasteiger partial charge in [0.2, 0.25) is 0 Å². The summed E-state index contributed by atoms with van der Waals surface area (Å²) in [6, 6.07) is 6.30. The van der Waals surface area contributed by atoms with Gasteiger partial charge in [0.05, 0.1) is 12.7 Å². The van der Waals surface area contributed by atoms with E-state index in [2.05, 4.69) is 46.3 Å². The smallest absolute Gasteiger partial charge is 0.322 e. The Labute approximate surface area is 166 Å². The topological polar surface area (TPSA) is 56.6 Å². The van der Waals surface area contributed by atoms with Gasteiger partial charge in [0.15, 0.2) is 0 Å². The number of carbonyl (C=O) groups excluding carboxylic acids is 1. The summed E-state index contributed by atoms with van der Waals surface area (Å²) < 4.78 is 1.93. The molecule has 2 aromatic rings. The molecule has 1 aromatic carbocycles. The van der Waals surface area contributed by atoms with Crippen LogP contribution in [-0.4, -0.2) is 65.4 Å². The quantitative estimate of drug-likeness (QED) is 0.867. The lowest BCUT2D eigenvalue weighted by Crippen LogP contribution is -2.44. The Morgan fingerprint density at radius 2 is 1.89 bits per heavy atom. The van der Waals surface area contributed by atoms with Crippen molar-refractivity contribution >= 4 is 17.4 Å². The number of fused-ring (bicyclic) bond motifs is 1. The van der Waals surface area contributed by atoms with Gasteiger partial charge in [-0.2, -0.15) is 5.10 Å². The Balaban J connectivity index is 1.43. The van der Waals surface area contributed by atoms with E-state index in [1.54, 1.807) is 0 Å². The van der Waals surface area contributed by atoms with E-state index >= 15 is 0 Å². The monoisotopic (exact) mass is 382 g/mol. The lowest BCUT2D eigenvalue weighted by molar-refractivity contribution is 0.210. The number of benzene rings is 1. The van der Waals surface area contributed by atoms with Gasteiger partial charge in [0.25, 0.3) is 0 Å². The minimum Gasteiger partial charge on any atom is -0.369 e. The van der Waals surface area contributed by atoms with Gasteiger partial charge >= 0.3 is 6.03 Å². The third-order valence-corrected chi connectivity index (χ3v) is 5.96. The van der Waals surface area contributed by atoms with E-state index in [-0.39, 0.29) is 6.03 Å². The number of carbonyl (C=O) groups is 1. The first-order valence-corrected chi connectivity index (χ1v) is 10.1. The summed E-state index contributed by atoms with van der Waals surface area (Å²) in [6.07, 6.45) is 3.81. The first-order chi connectivity index (χ1) is 13.5. The maximum Gasteiger partial charge on any atom is 0.322 e. The molecule has 2 aliphatic rings. The number of aryl methyl sites for hydroxylation is 2. The molecule has 7 heteroatoms. The molecule has 2 amide bonds. The van der Waals surface area contributed by atoms with Crippen LogP contribution in [0.2, 0.25) is 0 Å². The van der Waals surface area contributed by atoms with Crippen LogP contribution in [0.25, 0.3) is 0 Å². The van der Waals surface area contributed by atoms with Gasteiger partial charge < -0.3 is 20.0 Å². The molecule has 0 radical (unpaired) electrons. The number of hydrogen-bond donors (Lipinski definition) is 1. The molecule has 0 atom stereocenters. The Kier molecular flexibility index (Phi) is 5.26. The second-order valence-electron chi connectivity index (χ2n) is 7.98. The minimum atomic E-state index is -0.0350. The first kappa shape index (κ1) is 18.8. The summed E-state index contributed by atoms with van der Waals surface area (Å²) in [6.45, 7) is 7.71. The highest BCUT2D eigenvalue weighted by atomic mass is 16.2. The average Bonchev–Trinajstić information content (AvgIpc) is 2.90. The molecular weight excluding hydrogens is 352 g/mol. The third kappa shape index (κ3) is 3.85. The molecule has 150 valence electrons. The zero-order valence-electron chi connectivity index (χ0n) is 17.1. The van der Waals surface area contributed by atoms with E-state index in [1.165, 1.54) is 11.4 Å². The predicted octanol–water partition coefficient (Wildman–Crippen LogP) is 2.46. The molecule has 1 N–H and O–H groups in total. The number of urea groups is 1. The number of nitrogens with zero attached hydrogens (tertiary/aromatic N) is 5. The highest BCUT2D eigenvalue weighted by Gasteiger charge is 2.22. The normalized spacial score (nSPS) is 18.0. The Hall–Kier alpha value is -2.54. The highest BCUT2D eigenvalue weighted by Crippen LogP contribution is 2.25. The van der Waals surface area contributed by atoms with Crippen molar-refractivity contribution in [2.75, 3.05) is 50.0 Å². The van der Waals surface area contributed by atoms with Gasteiger partial charge in [-0.15, -0.1) is 0 Å². The average molecular weight is 383 g/mol. The first-order valence-electron chi connectivity index (χ1n) is 10.1. The number of nitrogens with one attached hydrogen (secondary N) is 1. The van der Waals surface area contributed by atoms with Crippen LogP contribution in [0.15, 0.2) is 24.4 Å². The number of anilines is 2. The van der Waals surface area contributed by atoms with E-state index < -0.39 is 0 Å². The van der Waals surface area contributed by atoms with Crippen LogP contribution in [0.1, 0.15) is 23.2 Å². The zero-order chi connectivity index (χ0) is 19.7. The van der Waals surface area contributed by atoms with E-state index in [9.17, 15) is 4.79 Å². The van der Waals surface area contributed by atoms with Gasteiger partial charge in [-0.1, -0.05) is 0 Å². The van der Waals surface area contributed by atoms with Gasteiger partial charge in [-0.05, 0) is 50.6 Å². The molecule has 7 nitrogen and oxygen atoms in total. The van der Waals surface area contributed by atoms with Crippen molar-refractivity contribution in [3.8, 4) is 0 Å². The molecular formula is C21H30N6O. The van der Waals surface area contributed by atoms with Crippen molar-refractivity contribution in [1.29, 1.82) is 0 Å². The Morgan fingerprint density at radius 1 is 1.11 bits per heavy atom. The molecule has 4 rings (SSSR count). The van der Waals surface area contributed by atoms with Gasteiger partial charge in [-0.3, -0.25) is 4.68 Å². The fraction of sp³-hybridized carbons (Fsp3) is 0.524. The lowest BCUT2D eigenvalue weighted by Gasteiger charge is -2.34. The fourth-order valence-corrected chi connectivity index (χ4v) is 4.10. The molecule has 2 aliphatic heterocycles. The van der Waals surface area contributed by atoms with Crippen LogP contribution in [-0.2, 0) is 20.0 Å². The molecule has 3 heterocycles. The van der Waals surface area contributed by atoms with Crippen LogP contribution in [0.5, 0.6) is 0 Å². The van der Waals surface area contributed by atoms with E-state index in [0.29, 0.717) is 6.54 Å². The minimum absolute atomic E-state index is 0.0350. The summed E-state index contributed by atoms with van der Waals surface area (Å²) in [7, 11) is 4.14. The highest BCUT2D eigenvalue weighted by molar-refractivity contribution is 5.90. The second-order valence-corrected chi connectivity index (χ2v) is 7.98. The standard InChI is InChI=1S/C21H30N6O/c1-16-13-18(26-11-9-24(2)10-12-26)6-7-19(16)23-21(28)27-8-4-5-20-17(15-27)14-22-25(20)3/h6-7,13-14H,4-5,8-12,15H2,1-3H3,(H,23,28).